The molecule has 9 nitrogen and oxygen atoms in total. The molecule has 0 bridgehead atoms. The third kappa shape index (κ3) is 2.95. The van der Waals surface area contributed by atoms with Crippen LogP contribution in [0.5, 0.6) is 0 Å². The van der Waals surface area contributed by atoms with Gasteiger partial charge in [0, 0.05) is 31.6 Å². The number of Topliss-reactive ketones (excluding diaryl/α,β-unsaturated/α-hetero) is 1. The second-order valence-electron chi connectivity index (χ2n) is 10.7. The average molecular weight is 467 g/mol. The molecule has 1 heterocycles. The van der Waals surface area contributed by atoms with Crippen molar-refractivity contribution < 1.29 is 43.9 Å². The van der Waals surface area contributed by atoms with Crippen LogP contribution in [0.2, 0.25) is 0 Å². The molecule has 33 heavy (non-hydrogen) atoms. The van der Waals surface area contributed by atoms with E-state index in [-0.39, 0.29) is 25.4 Å². The highest BCUT2D eigenvalue weighted by atomic mass is 16.6. The Balaban J connectivity index is 2.04. The SMILES string of the molecule is CC(=O)O[C@H]1C(=O)[C@@]2(C)C(C(O)[C@]3(C(C)C)C[C@H](O)C(C)=C13)[C@]1(OC(C)=O)CO[C@@H]1C[C@@H]2O. The predicted octanol–water partition coefficient (Wildman–Crippen LogP) is 0.673. The number of ketones is 1. The van der Waals surface area contributed by atoms with Crippen molar-refractivity contribution in [1.82, 2.24) is 0 Å². The summed E-state index contributed by atoms with van der Waals surface area (Å²) in [6.07, 6.45) is -5.40. The van der Waals surface area contributed by atoms with Crippen LogP contribution >= 0.6 is 0 Å². The Morgan fingerprint density at radius 2 is 1.79 bits per heavy atom. The molecule has 1 aliphatic heterocycles. The molecule has 184 valence electrons. The Labute approximate surface area is 193 Å². The first kappa shape index (κ1) is 24.3. The molecule has 3 N–H and O–H groups in total. The van der Waals surface area contributed by atoms with E-state index in [1.54, 1.807) is 13.8 Å². The van der Waals surface area contributed by atoms with E-state index < -0.39 is 70.6 Å². The number of rotatable bonds is 3. The van der Waals surface area contributed by atoms with E-state index in [1.165, 1.54) is 13.8 Å². The van der Waals surface area contributed by atoms with E-state index in [9.17, 15) is 29.7 Å². The van der Waals surface area contributed by atoms with Crippen LogP contribution in [0.3, 0.4) is 0 Å². The minimum Gasteiger partial charge on any atom is -0.454 e. The lowest BCUT2D eigenvalue weighted by atomic mass is 9.50. The number of fused-ring (bicyclic) bond motifs is 4. The van der Waals surface area contributed by atoms with Gasteiger partial charge < -0.3 is 29.5 Å². The summed E-state index contributed by atoms with van der Waals surface area (Å²) >= 11 is 0. The number of ether oxygens (including phenoxy) is 3. The molecule has 3 aliphatic carbocycles. The van der Waals surface area contributed by atoms with Gasteiger partial charge in [-0.3, -0.25) is 14.4 Å². The lowest BCUT2D eigenvalue weighted by Gasteiger charge is -2.63. The van der Waals surface area contributed by atoms with Crippen molar-refractivity contribution in [2.75, 3.05) is 6.61 Å². The number of hydrogen-bond acceptors (Lipinski definition) is 9. The quantitative estimate of drug-likeness (QED) is 0.404. The highest BCUT2D eigenvalue weighted by Crippen LogP contribution is 2.65. The summed E-state index contributed by atoms with van der Waals surface area (Å²) in [4.78, 5) is 38.5. The third-order valence-electron chi connectivity index (χ3n) is 8.84. The average Bonchev–Trinajstić information content (AvgIpc) is 2.95. The molecule has 0 amide bonds. The Hall–Kier alpha value is -1.81. The summed E-state index contributed by atoms with van der Waals surface area (Å²) in [6, 6.07) is 0. The molecule has 4 rings (SSSR count). The largest absolute Gasteiger partial charge is 0.454 e. The summed E-state index contributed by atoms with van der Waals surface area (Å²) in [5.41, 5.74) is -3.21. The van der Waals surface area contributed by atoms with Crippen LogP contribution in [0.1, 0.15) is 54.4 Å². The highest BCUT2D eigenvalue weighted by molar-refractivity contribution is 5.95. The smallest absolute Gasteiger partial charge is 0.303 e. The molecule has 0 aromatic rings. The van der Waals surface area contributed by atoms with Gasteiger partial charge in [0.2, 0.25) is 0 Å². The Morgan fingerprint density at radius 3 is 2.27 bits per heavy atom. The van der Waals surface area contributed by atoms with Crippen molar-refractivity contribution in [3.05, 3.63) is 11.1 Å². The summed E-state index contributed by atoms with van der Waals surface area (Å²) in [5.74, 6) is -3.17. The van der Waals surface area contributed by atoms with Crippen molar-refractivity contribution in [2.24, 2.45) is 22.7 Å². The fourth-order valence-corrected chi connectivity index (χ4v) is 7.16. The fourth-order valence-electron chi connectivity index (χ4n) is 7.16. The Morgan fingerprint density at radius 1 is 1.15 bits per heavy atom. The molecule has 2 unspecified atom stereocenters. The molecular weight excluding hydrogens is 432 g/mol. The van der Waals surface area contributed by atoms with Crippen LogP contribution in [0.25, 0.3) is 0 Å². The number of carbonyl (C=O) groups excluding carboxylic acids is 3. The van der Waals surface area contributed by atoms with E-state index in [0.717, 1.165) is 0 Å². The number of aliphatic hydroxyl groups excluding tert-OH is 3. The summed E-state index contributed by atoms with van der Waals surface area (Å²) < 4.78 is 17.0. The second kappa shape index (κ2) is 7.60. The van der Waals surface area contributed by atoms with Crippen molar-refractivity contribution in [3.8, 4) is 0 Å². The van der Waals surface area contributed by atoms with Crippen LogP contribution in [0.15, 0.2) is 11.1 Å². The van der Waals surface area contributed by atoms with Crippen LogP contribution in [-0.2, 0) is 28.6 Å². The second-order valence-corrected chi connectivity index (χ2v) is 10.7. The number of aliphatic hydroxyl groups is 3. The van der Waals surface area contributed by atoms with E-state index in [2.05, 4.69) is 0 Å². The van der Waals surface area contributed by atoms with Crippen LogP contribution in [-0.4, -0.2) is 75.8 Å². The number of esters is 2. The predicted molar refractivity (Wildman–Crippen MR) is 114 cm³/mol. The van der Waals surface area contributed by atoms with Gasteiger partial charge in [0.15, 0.2) is 17.5 Å². The molecule has 0 radical (unpaired) electrons. The first-order chi connectivity index (χ1) is 15.2. The topological polar surface area (TPSA) is 140 Å². The molecule has 2 saturated carbocycles. The standard InChI is InChI=1S/C24H34O9/c1-10(2)23-8-14(27)11(3)17(23)18(32-12(4)25)20(29)22(6)15(28)7-16-24(9-31-16,33-13(5)26)19(22)21(23)30/h10,14-16,18-19,21,27-28,30H,7-9H2,1-6H3/t14-,15-,16+,18+,19?,21?,22+,23-,24-/m0/s1. The van der Waals surface area contributed by atoms with E-state index in [1.807, 2.05) is 13.8 Å². The van der Waals surface area contributed by atoms with Gasteiger partial charge in [0.1, 0.15) is 6.10 Å². The highest BCUT2D eigenvalue weighted by Gasteiger charge is 2.77. The van der Waals surface area contributed by atoms with Crippen molar-refractivity contribution in [1.29, 1.82) is 0 Å². The minimum absolute atomic E-state index is 0.0262. The Kier molecular flexibility index (Phi) is 5.60. The van der Waals surface area contributed by atoms with Crippen molar-refractivity contribution in [2.45, 2.75) is 90.5 Å². The molecule has 9 atom stereocenters. The number of hydrogen-bond donors (Lipinski definition) is 3. The molecule has 9 heteroatoms. The van der Waals surface area contributed by atoms with Gasteiger partial charge in [-0.1, -0.05) is 13.8 Å². The molecule has 4 aliphatic rings. The van der Waals surface area contributed by atoms with Crippen molar-refractivity contribution in [3.63, 3.8) is 0 Å². The van der Waals surface area contributed by atoms with Gasteiger partial charge in [-0.2, -0.15) is 0 Å². The zero-order valence-corrected chi connectivity index (χ0v) is 20.0. The van der Waals surface area contributed by atoms with Gasteiger partial charge in [0.25, 0.3) is 0 Å². The minimum atomic E-state index is -1.60. The van der Waals surface area contributed by atoms with Gasteiger partial charge in [-0.25, -0.2) is 0 Å². The van der Waals surface area contributed by atoms with Gasteiger partial charge in [0.05, 0.1) is 30.3 Å². The van der Waals surface area contributed by atoms with Gasteiger partial charge in [-0.05, 0) is 37.3 Å². The maximum atomic E-state index is 14.2. The van der Waals surface area contributed by atoms with Gasteiger partial charge in [-0.15, -0.1) is 0 Å². The fraction of sp³-hybridized carbons (Fsp3) is 0.792. The molecule has 3 fully saturated rings. The van der Waals surface area contributed by atoms with E-state index >= 15 is 0 Å². The molecule has 0 spiro atoms. The molecule has 0 aromatic carbocycles. The lowest BCUT2D eigenvalue weighted by molar-refractivity contribution is -0.334. The van der Waals surface area contributed by atoms with E-state index in [0.29, 0.717) is 11.1 Å². The van der Waals surface area contributed by atoms with Gasteiger partial charge >= 0.3 is 11.9 Å². The molecule has 0 aromatic heterocycles. The third-order valence-corrected chi connectivity index (χ3v) is 8.84. The zero-order valence-electron chi connectivity index (χ0n) is 20.0. The maximum Gasteiger partial charge on any atom is 0.303 e. The Bertz CT molecular complexity index is 925. The zero-order chi connectivity index (χ0) is 24.7. The summed E-state index contributed by atoms with van der Waals surface area (Å²) in [7, 11) is 0. The van der Waals surface area contributed by atoms with E-state index in [4.69, 9.17) is 14.2 Å². The molecule has 1 saturated heterocycles. The molecular formula is C24H34O9. The number of carbonyl (C=O) groups is 3. The first-order valence-corrected chi connectivity index (χ1v) is 11.5. The monoisotopic (exact) mass is 466 g/mol. The van der Waals surface area contributed by atoms with Crippen LogP contribution < -0.4 is 0 Å². The van der Waals surface area contributed by atoms with Crippen molar-refractivity contribution >= 4 is 17.7 Å². The normalized spacial score (nSPS) is 46.7. The first-order valence-electron chi connectivity index (χ1n) is 11.5. The lowest BCUT2D eigenvalue weighted by Crippen LogP contribution is -2.77. The maximum absolute atomic E-state index is 14.2. The summed E-state index contributed by atoms with van der Waals surface area (Å²) in [6.45, 7) is 9.39. The van der Waals surface area contributed by atoms with Crippen LogP contribution in [0, 0.1) is 22.7 Å². The summed E-state index contributed by atoms with van der Waals surface area (Å²) in [5, 5.41) is 34.3. The van der Waals surface area contributed by atoms with Crippen LogP contribution in [0.4, 0.5) is 0 Å².